The van der Waals surface area contributed by atoms with Gasteiger partial charge in [-0.05, 0) is 24.1 Å². The Morgan fingerprint density at radius 2 is 1.94 bits per heavy atom. The van der Waals surface area contributed by atoms with Gasteiger partial charge in [0.2, 0.25) is 19.1 Å². The van der Waals surface area contributed by atoms with E-state index < -0.39 is 5.92 Å². The summed E-state index contributed by atoms with van der Waals surface area (Å²) in [5, 5.41) is 2.86. The Labute approximate surface area is 189 Å². The summed E-state index contributed by atoms with van der Waals surface area (Å²) in [6.45, 7) is 2.75. The van der Waals surface area contributed by atoms with Gasteiger partial charge in [-0.3, -0.25) is 24.9 Å². The number of hydroxylamine groups is 2. The van der Waals surface area contributed by atoms with Crippen LogP contribution in [0.25, 0.3) is 0 Å². The zero-order chi connectivity index (χ0) is 22.8. The Kier molecular flexibility index (Phi) is 8.74. The zero-order valence-electron chi connectivity index (χ0n) is 18.7. The van der Waals surface area contributed by atoms with Gasteiger partial charge in [-0.1, -0.05) is 56.5 Å². The first kappa shape index (κ1) is 23.4. The van der Waals surface area contributed by atoms with Crippen molar-refractivity contribution < 1.29 is 23.9 Å². The van der Waals surface area contributed by atoms with Crippen molar-refractivity contribution in [3.8, 4) is 11.5 Å². The molecular weight excluding hydrogens is 410 g/mol. The Morgan fingerprint density at radius 1 is 1.16 bits per heavy atom. The van der Waals surface area contributed by atoms with Crippen molar-refractivity contribution in [2.75, 3.05) is 25.4 Å². The van der Waals surface area contributed by atoms with Crippen LogP contribution in [-0.4, -0.2) is 37.8 Å². The summed E-state index contributed by atoms with van der Waals surface area (Å²) in [7, 11) is 1.77. The number of ether oxygens (including phenoxy) is 2. The smallest absolute Gasteiger partial charge is 0.243 e. The number of anilines is 1. The number of hydrogen-bond donors (Lipinski definition) is 1. The van der Waals surface area contributed by atoms with Crippen molar-refractivity contribution in [1.82, 2.24) is 10.5 Å². The van der Waals surface area contributed by atoms with Gasteiger partial charge in [-0.25, -0.2) is 5.06 Å². The standard InChI is InChI=1S/C24H31N3O5/c1-3-4-6-11-20(15-27(17-28)32-16-19-9-7-5-8-10-19)24(29)25-26(2)21-12-13-22-23(14-21)31-18-30-22/h5,7-10,12-14,17,20H,3-4,6,11,15-16,18H2,1-2H3,(H,25,29)/t20-/m1/s1. The first-order valence-electron chi connectivity index (χ1n) is 10.9. The first-order chi connectivity index (χ1) is 15.6. The van der Waals surface area contributed by atoms with Crippen LogP contribution in [0.3, 0.4) is 0 Å². The highest BCUT2D eigenvalue weighted by atomic mass is 16.7. The van der Waals surface area contributed by atoms with Crippen LogP contribution in [-0.2, 0) is 21.0 Å². The third-order valence-electron chi connectivity index (χ3n) is 5.31. The number of amides is 2. The van der Waals surface area contributed by atoms with Crippen LogP contribution in [0.2, 0.25) is 0 Å². The molecule has 1 aliphatic rings. The number of hydrogen-bond acceptors (Lipinski definition) is 6. The Morgan fingerprint density at radius 3 is 2.69 bits per heavy atom. The molecule has 2 aromatic rings. The van der Waals surface area contributed by atoms with Crippen LogP contribution >= 0.6 is 0 Å². The predicted octanol–water partition coefficient (Wildman–Crippen LogP) is 3.67. The molecule has 0 saturated heterocycles. The highest BCUT2D eigenvalue weighted by Crippen LogP contribution is 2.34. The lowest BCUT2D eigenvalue weighted by Crippen LogP contribution is -2.45. The number of carbonyl (C=O) groups excluding carboxylic acids is 2. The summed E-state index contributed by atoms with van der Waals surface area (Å²) in [5.41, 5.74) is 4.64. The van der Waals surface area contributed by atoms with E-state index in [4.69, 9.17) is 14.3 Å². The second kappa shape index (κ2) is 12.0. The van der Waals surface area contributed by atoms with E-state index in [2.05, 4.69) is 12.3 Å². The molecule has 32 heavy (non-hydrogen) atoms. The minimum Gasteiger partial charge on any atom is -0.454 e. The van der Waals surface area contributed by atoms with Gasteiger partial charge in [0.1, 0.15) is 6.61 Å². The molecule has 0 fully saturated rings. The van der Waals surface area contributed by atoms with Gasteiger partial charge in [-0.2, -0.15) is 0 Å². The first-order valence-corrected chi connectivity index (χ1v) is 10.9. The summed E-state index contributed by atoms with van der Waals surface area (Å²) in [6, 6.07) is 15.1. The number of nitrogens with one attached hydrogen (secondary N) is 1. The Balaban J connectivity index is 1.60. The molecule has 172 valence electrons. The third kappa shape index (κ3) is 6.62. The topological polar surface area (TPSA) is 80.3 Å². The maximum absolute atomic E-state index is 13.1. The number of carbonyl (C=O) groups is 2. The lowest BCUT2D eigenvalue weighted by molar-refractivity contribution is -0.182. The minimum atomic E-state index is -0.404. The molecule has 2 aromatic carbocycles. The fraction of sp³-hybridized carbons (Fsp3) is 0.417. The van der Waals surface area contributed by atoms with Crippen molar-refractivity contribution in [2.24, 2.45) is 5.92 Å². The molecule has 0 spiro atoms. The van der Waals surface area contributed by atoms with Crippen LogP contribution in [0.4, 0.5) is 5.69 Å². The monoisotopic (exact) mass is 441 g/mol. The average molecular weight is 442 g/mol. The van der Waals surface area contributed by atoms with Crippen molar-refractivity contribution >= 4 is 18.0 Å². The number of fused-ring (bicyclic) bond motifs is 1. The summed E-state index contributed by atoms with van der Waals surface area (Å²) < 4.78 is 10.8. The number of nitrogens with zero attached hydrogens (tertiary/aromatic N) is 2. The van der Waals surface area contributed by atoms with Crippen LogP contribution in [0.15, 0.2) is 48.5 Å². The lowest BCUT2D eigenvalue weighted by Gasteiger charge is -2.27. The molecule has 0 saturated carbocycles. The van der Waals surface area contributed by atoms with E-state index in [0.29, 0.717) is 24.3 Å². The highest BCUT2D eigenvalue weighted by Gasteiger charge is 2.23. The summed E-state index contributed by atoms with van der Waals surface area (Å²) in [5.74, 6) is 0.753. The molecule has 8 nitrogen and oxygen atoms in total. The molecule has 0 bridgehead atoms. The summed E-state index contributed by atoms with van der Waals surface area (Å²) in [4.78, 5) is 30.3. The largest absolute Gasteiger partial charge is 0.454 e. The molecule has 1 heterocycles. The highest BCUT2D eigenvalue weighted by molar-refractivity contribution is 5.81. The van der Waals surface area contributed by atoms with Crippen LogP contribution in [0.5, 0.6) is 11.5 Å². The van der Waals surface area contributed by atoms with Crippen LogP contribution in [0.1, 0.15) is 38.2 Å². The van der Waals surface area contributed by atoms with Gasteiger partial charge in [0, 0.05) is 13.1 Å². The molecule has 1 atom stereocenters. The van der Waals surface area contributed by atoms with Gasteiger partial charge in [0.25, 0.3) is 0 Å². The van der Waals surface area contributed by atoms with Crippen molar-refractivity contribution in [2.45, 2.75) is 39.2 Å². The maximum Gasteiger partial charge on any atom is 0.243 e. The van der Waals surface area contributed by atoms with Crippen molar-refractivity contribution in [3.63, 3.8) is 0 Å². The van der Waals surface area contributed by atoms with E-state index in [1.54, 1.807) is 12.1 Å². The molecule has 2 amide bonds. The number of rotatable bonds is 13. The quantitative estimate of drug-likeness (QED) is 0.290. The Hall–Kier alpha value is -3.26. The number of benzene rings is 2. The van der Waals surface area contributed by atoms with E-state index in [1.165, 1.54) is 5.06 Å². The van der Waals surface area contributed by atoms with Gasteiger partial charge in [0.05, 0.1) is 18.2 Å². The predicted molar refractivity (Wildman–Crippen MR) is 121 cm³/mol. The molecule has 0 aliphatic carbocycles. The molecule has 8 heteroatoms. The number of unbranched alkanes of at least 4 members (excludes halogenated alkanes) is 2. The zero-order valence-corrected chi connectivity index (χ0v) is 18.7. The number of hydrazine groups is 1. The molecule has 1 aliphatic heterocycles. The normalized spacial score (nSPS) is 12.8. The van der Waals surface area contributed by atoms with E-state index in [9.17, 15) is 9.59 Å². The molecule has 3 rings (SSSR count). The fourth-order valence-corrected chi connectivity index (χ4v) is 3.44. The van der Waals surface area contributed by atoms with Crippen molar-refractivity contribution in [3.05, 3.63) is 54.1 Å². The van der Waals surface area contributed by atoms with Gasteiger partial charge >= 0.3 is 0 Å². The second-order valence-electron chi connectivity index (χ2n) is 7.73. The van der Waals surface area contributed by atoms with Gasteiger partial charge in [0.15, 0.2) is 11.5 Å². The van der Waals surface area contributed by atoms with Crippen molar-refractivity contribution in [1.29, 1.82) is 0 Å². The second-order valence-corrected chi connectivity index (χ2v) is 7.73. The van der Waals surface area contributed by atoms with Crippen LogP contribution in [0, 0.1) is 5.92 Å². The van der Waals surface area contributed by atoms with E-state index in [1.807, 2.05) is 48.5 Å². The van der Waals surface area contributed by atoms with E-state index in [-0.39, 0.29) is 25.9 Å². The molecule has 1 N–H and O–H groups in total. The van der Waals surface area contributed by atoms with E-state index in [0.717, 1.165) is 30.5 Å². The fourth-order valence-electron chi connectivity index (χ4n) is 3.44. The summed E-state index contributed by atoms with van der Waals surface area (Å²) in [6.07, 6.45) is 4.26. The van der Waals surface area contributed by atoms with Gasteiger partial charge in [-0.15, -0.1) is 0 Å². The average Bonchev–Trinajstić information content (AvgIpc) is 3.29. The third-order valence-corrected chi connectivity index (χ3v) is 5.31. The molecule has 0 unspecified atom stereocenters. The molecule has 0 aromatic heterocycles. The molecular formula is C24H31N3O5. The maximum atomic E-state index is 13.1. The minimum absolute atomic E-state index is 0.170. The lowest BCUT2D eigenvalue weighted by atomic mass is 10.0. The summed E-state index contributed by atoms with van der Waals surface area (Å²) >= 11 is 0. The van der Waals surface area contributed by atoms with E-state index >= 15 is 0 Å². The Bertz CT molecular complexity index is 877. The SMILES string of the molecule is CCCCC[C@H](CN(C=O)OCc1ccccc1)C(=O)NN(C)c1ccc2c(c1)OCO2. The van der Waals surface area contributed by atoms with Gasteiger partial charge < -0.3 is 9.47 Å². The molecule has 0 radical (unpaired) electrons. The van der Waals surface area contributed by atoms with Crippen LogP contribution < -0.4 is 19.9 Å².